The molecule has 1 N–H and O–H groups in total. The molecular formula is C27H32N6O4S. The first-order valence-corrected chi connectivity index (χ1v) is 13.2. The monoisotopic (exact) mass is 536 g/mol. The smallest absolute Gasteiger partial charge is 0.281 e. The number of nitrogens with zero attached hydrogens (tertiary/aromatic N) is 5. The van der Waals surface area contributed by atoms with Crippen LogP contribution in [0.5, 0.6) is 11.6 Å². The van der Waals surface area contributed by atoms with Gasteiger partial charge in [-0.2, -0.15) is 8.42 Å². The molecule has 1 aromatic carbocycles. The van der Waals surface area contributed by atoms with Gasteiger partial charge in [0.25, 0.3) is 15.9 Å². The standard InChI is InChI=1S/C27H28N6O4S.2H2/c1-16-12-17(2)24(18(3)13-16)37-26-21(25(34)32-38(35,36)23-9-7-8-19(4)30-23)10-11-22(31-26)20-14-28-27(29-15-20)33(5)6;;/h7-15H,1-6H3,(H,32,34);2*1H. The average molecular weight is 537 g/mol. The van der Waals surface area contributed by atoms with Gasteiger partial charge in [0.05, 0.1) is 5.69 Å². The maximum absolute atomic E-state index is 13.3. The topological polar surface area (TPSA) is 127 Å². The summed E-state index contributed by atoms with van der Waals surface area (Å²) in [6, 6.07) is 11.5. The van der Waals surface area contributed by atoms with Gasteiger partial charge < -0.3 is 9.64 Å². The minimum atomic E-state index is -4.24. The highest BCUT2D eigenvalue weighted by atomic mass is 32.2. The number of nitrogens with one attached hydrogen (secondary N) is 1. The first-order chi connectivity index (χ1) is 17.9. The van der Waals surface area contributed by atoms with Crippen LogP contribution in [-0.2, 0) is 10.0 Å². The molecule has 200 valence electrons. The molecule has 3 heterocycles. The van der Waals surface area contributed by atoms with E-state index in [9.17, 15) is 13.2 Å². The summed E-state index contributed by atoms with van der Waals surface area (Å²) >= 11 is 0. The number of carbonyl (C=O) groups excluding carboxylic acids is 1. The maximum atomic E-state index is 13.3. The highest BCUT2D eigenvalue weighted by molar-refractivity contribution is 7.90. The molecule has 0 atom stereocenters. The summed E-state index contributed by atoms with van der Waals surface area (Å²) in [5.41, 5.74) is 4.24. The summed E-state index contributed by atoms with van der Waals surface area (Å²) in [5.74, 6) is 0.0990. The van der Waals surface area contributed by atoms with Gasteiger partial charge in [0.15, 0.2) is 5.03 Å². The van der Waals surface area contributed by atoms with E-state index in [1.165, 1.54) is 12.1 Å². The van der Waals surface area contributed by atoms with Crippen LogP contribution in [-0.4, -0.2) is 48.4 Å². The van der Waals surface area contributed by atoms with Crippen LogP contribution in [0.1, 0.15) is 35.6 Å². The minimum absolute atomic E-state index is 0. The Morgan fingerprint density at radius 2 is 1.61 bits per heavy atom. The van der Waals surface area contributed by atoms with E-state index in [0.29, 0.717) is 28.6 Å². The van der Waals surface area contributed by atoms with Gasteiger partial charge in [0.2, 0.25) is 11.8 Å². The Hall–Kier alpha value is -4.38. The van der Waals surface area contributed by atoms with Crippen molar-refractivity contribution in [1.29, 1.82) is 0 Å². The third-order valence-electron chi connectivity index (χ3n) is 5.61. The molecule has 4 rings (SSSR count). The molecule has 4 aromatic rings. The van der Waals surface area contributed by atoms with E-state index in [0.717, 1.165) is 16.7 Å². The van der Waals surface area contributed by atoms with Crippen molar-refractivity contribution in [3.8, 4) is 22.9 Å². The predicted octanol–water partition coefficient (Wildman–Crippen LogP) is 4.64. The van der Waals surface area contributed by atoms with Gasteiger partial charge in [0.1, 0.15) is 11.3 Å². The van der Waals surface area contributed by atoms with Gasteiger partial charge in [-0.25, -0.2) is 24.7 Å². The molecule has 0 bridgehead atoms. The van der Waals surface area contributed by atoms with Crippen LogP contribution in [0.25, 0.3) is 11.3 Å². The summed E-state index contributed by atoms with van der Waals surface area (Å²) in [6.07, 6.45) is 3.23. The van der Waals surface area contributed by atoms with E-state index < -0.39 is 15.9 Å². The molecule has 11 heteroatoms. The van der Waals surface area contributed by atoms with Crippen LogP contribution >= 0.6 is 0 Å². The Kier molecular flexibility index (Phi) is 7.40. The van der Waals surface area contributed by atoms with E-state index in [-0.39, 0.29) is 19.3 Å². The summed E-state index contributed by atoms with van der Waals surface area (Å²) in [4.78, 5) is 32.3. The molecule has 0 aliphatic rings. The molecule has 38 heavy (non-hydrogen) atoms. The van der Waals surface area contributed by atoms with Crippen LogP contribution in [0.4, 0.5) is 5.95 Å². The van der Waals surface area contributed by atoms with Crippen LogP contribution in [0.15, 0.2) is 59.9 Å². The Balaban J connectivity index is 0.00000280. The van der Waals surface area contributed by atoms with Crippen LogP contribution in [0.2, 0.25) is 0 Å². The van der Waals surface area contributed by atoms with Crippen molar-refractivity contribution in [3.05, 3.63) is 82.8 Å². The molecule has 0 radical (unpaired) electrons. The Bertz CT molecular complexity index is 1610. The zero-order valence-electron chi connectivity index (χ0n) is 22.0. The molecular weight excluding hydrogens is 504 g/mol. The molecule has 0 saturated heterocycles. The fraction of sp³-hybridized carbons (Fsp3) is 0.222. The van der Waals surface area contributed by atoms with Crippen LogP contribution in [0.3, 0.4) is 0 Å². The second kappa shape index (κ2) is 10.5. The molecule has 1 amide bonds. The number of aromatic nitrogens is 4. The zero-order chi connectivity index (χ0) is 27.6. The number of ether oxygens (including phenoxy) is 1. The first-order valence-electron chi connectivity index (χ1n) is 11.7. The maximum Gasteiger partial charge on any atom is 0.281 e. The average Bonchev–Trinajstić information content (AvgIpc) is 2.86. The lowest BCUT2D eigenvalue weighted by Gasteiger charge is -2.16. The molecule has 0 saturated carbocycles. The highest BCUT2D eigenvalue weighted by Crippen LogP contribution is 2.32. The highest BCUT2D eigenvalue weighted by Gasteiger charge is 2.25. The van der Waals surface area contributed by atoms with Crippen LogP contribution < -0.4 is 14.4 Å². The Morgan fingerprint density at radius 3 is 2.21 bits per heavy atom. The number of hydrogen-bond acceptors (Lipinski definition) is 9. The van der Waals surface area contributed by atoms with Crippen molar-refractivity contribution >= 4 is 21.9 Å². The molecule has 0 unspecified atom stereocenters. The van der Waals surface area contributed by atoms with Crippen molar-refractivity contribution in [2.24, 2.45) is 0 Å². The lowest BCUT2D eigenvalue weighted by molar-refractivity contribution is 0.0978. The number of pyridine rings is 2. The summed E-state index contributed by atoms with van der Waals surface area (Å²) in [6.45, 7) is 7.42. The van der Waals surface area contributed by atoms with Gasteiger partial charge in [-0.1, -0.05) is 23.8 Å². The fourth-order valence-corrected chi connectivity index (χ4v) is 4.84. The summed E-state index contributed by atoms with van der Waals surface area (Å²) in [5, 5.41) is -0.263. The largest absolute Gasteiger partial charge is 0.438 e. The van der Waals surface area contributed by atoms with E-state index >= 15 is 0 Å². The zero-order valence-corrected chi connectivity index (χ0v) is 22.8. The van der Waals surface area contributed by atoms with Gasteiger partial charge in [-0.3, -0.25) is 4.79 Å². The van der Waals surface area contributed by atoms with E-state index in [4.69, 9.17) is 4.74 Å². The first kappa shape index (κ1) is 26.7. The third kappa shape index (κ3) is 5.78. The molecule has 0 aliphatic carbocycles. The molecule has 0 spiro atoms. The number of amides is 1. The van der Waals surface area contributed by atoms with Crippen molar-refractivity contribution in [2.75, 3.05) is 19.0 Å². The number of hydrogen-bond donors (Lipinski definition) is 1. The minimum Gasteiger partial charge on any atom is -0.438 e. The van der Waals surface area contributed by atoms with Gasteiger partial charge >= 0.3 is 0 Å². The van der Waals surface area contributed by atoms with Gasteiger partial charge in [0, 0.05) is 40.6 Å². The lowest BCUT2D eigenvalue weighted by Crippen LogP contribution is -2.31. The van der Waals surface area contributed by atoms with Crippen molar-refractivity contribution in [1.82, 2.24) is 24.7 Å². The summed E-state index contributed by atoms with van der Waals surface area (Å²) < 4.78 is 34.0. The lowest BCUT2D eigenvalue weighted by atomic mass is 10.1. The van der Waals surface area contributed by atoms with E-state index in [1.54, 1.807) is 42.4 Å². The number of benzene rings is 1. The Labute approximate surface area is 224 Å². The SMILES string of the molecule is Cc1cc(C)c(Oc2nc(-c3cnc(N(C)C)nc3)ccc2C(=O)NS(=O)(=O)c2cccc(C)n2)c(C)c1.[HH].[HH]. The predicted molar refractivity (Wildman–Crippen MR) is 148 cm³/mol. The summed E-state index contributed by atoms with van der Waals surface area (Å²) in [7, 11) is -0.571. The van der Waals surface area contributed by atoms with Crippen molar-refractivity contribution in [2.45, 2.75) is 32.7 Å². The van der Waals surface area contributed by atoms with Crippen molar-refractivity contribution < 1.29 is 20.8 Å². The third-order valence-corrected chi connectivity index (χ3v) is 6.84. The van der Waals surface area contributed by atoms with E-state index in [1.807, 2.05) is 47.0 Å². The number of aryl methyl sites for hydroxylation is 4. The van der Waals surface area contributed by atoms with E-state index in [2.05, 4.69) is 24.7 Å². The molecule has 0 aliphatic heterocycles. The van der Waals surface area contributed by atoms with Crippen LogP contribution in [0, 0.1) is 27.7 Å². The number of sulfonamides is 1. The number of anilines is 1. The molecule has 10 nitrogen and oxygen atoms in total. The number of rotatable bonds is 7. The van der Waals surface area contributed by atoms with Gasteiger partial charge in [-0.15, -0.1) is 0 Å². The number of carbonyl (C=O) groups is 1. The van der Waals surface area contributed by atoms with Crippen molar-refractivity contribution in [3.63, 3.8) is 0 Å². The molecule has 3 aromatic heterocycles. The Morgan fingerprint density at radius 1 is 0.947 bits per heavy atom. The normalized spacial score (nSPS) is 11.2. The fourth-order valence-electron chi connectivity index (χ4n) is 3.86. The second-order valence-corrected chi connectivity index (χ2v) is 10.7. The van der Waals surface area contributed by atoms with Gasteiger partial charge in [-0.05, 0) is 63.1 Å². The quantitative estimate of drug-likeness (QED) is 0.359. The second-order valence-electron chi connectivity index (χ2n) is 9.10. The molecule has 0 fully saturated rings.